The first kappa shape index (κ1) is 22.0. The molecule has 6 heteroatoms. The maximum atomic E-state index is 6.49. The van der Waals surface area contributed by atoms with Crippen LogP contribution in [0.4, 0.5) is 0 Å². The lowest BCUT2D eigenvalue weighted by atomic mass is 10.1. The number of hydrazone groups is 1. The molecule has 0 aliphatic heterocycles. The van der Waals surface area contributed by atoms with E-state index in [2.05, 4.69) is 29.6 Å². The molecule has 0 radical (unpaired) electrons. The van der Waals surface area contributed by atoms with Gasteiger partial charge >= 0.3 is 0 Å². The summed E-state index contributed by atoms with van der Waals surface area (Å²) >= 11 is 12.4. The Morgan fingerprint density at radius 1 is 0.933 bits per heavy atom. The van der Waals surface area contributed by atoms with Crippen molar-refractivity contribution in [3.63, 3.8) is 0 Å². The van der Waals surface area contributed by atoms with Crippen LogP contribution in [0.1, 0.15) is 29.2 Å². The van der Waals surface area contributed by atoms with Gasteiger partial charge < -0.3 is 14.9 Å². The van der Waals surface area contributed by atoms with Crippen LogP contribution in [0.15, 0.2) is 65.8 Å². The Morgan fingerprint density at radius 3 is 2.33 bits per heavy atom. The summed E-state index contributed by atoms with van der Waals surface area (Å²) in [6.45, 7) is 5.49. The molecule has 0 unspecified atom stereocenters. The number of nitrogens with one attached hydrogen (secondary N) is 1. The molecule has 0 saturated carbocycles. The van der Waals surface area contributed by atoms with Crippen LogP contribution in [-0.4, -0.2) is 12.8 Å². The number of benzene rings is 3. The van der Waals surface area contributed by atoms with E-state index in [0.29, 0.717) is 41.3 Å². The molecule has 0 aromatic heterocycles. The number of nitrogens with zero attached hydrogens (tertiary/aromatic N) is 1. The molecule has 0 amide bonds. The summed E-state index contributed by atoms with van der Waals surface area (Å²) < 4.78 is 11.7. The van der Waals surface area contributed by atoms with Crippen molar-refractivity contribution in [1.29, 1.82) is 0 Å². The van der Waals surface area contributed by atoms with Crippen molar-refractivity contribution >= 4 is 29.4 Å². The van der Waals surface area contributed by atoms with Gasteiger partial charge in [0.2, 0.25) is 0 Å². The van der Waals surface area contributed by atoms with Crippen molar-refractivity contribution in [2.75, 3.05) is 6.61 Å². The van der Waals surface area contributed by atoms with Gasteiger partial charge in [0.25, 0.3) is 0 Å². The monoisotopic (exact) mass is 442 g/mol. The molecule has 3 rings (SSSR count). The highest BCUT2D eigenvalue weighted by Crippen LogP contribution is 2.37. The molecule has 30 heavy (non-hydrogen) atoms. The summed E-state index contributed by atoms with van der Waals surface area (Å²) in [6, 6.07) is 19.5. The smallest absolute Gasteiger partial charge is 0.180 e. The Kier molecular flexibility index (Phi) is 8.00. The number of halogens is 2. The van der Waals surface area contributed by atoms with Crippen LogP contribution in [0.25, 0.3) is 0 Å². The molecule has 0 aliphatic rings. The first-order valence-electron chi connectivity index (χ1n) is 9.70. The van der Waals surface area contributed by atoms with E-state index in [0.717, 1.165) is 16.7 Å². The fourth-order valence-electron chi connectivity index (χ4n) is 2.76. The summed E-state index contributed by atoms with van der Waals surface area (Å²) in [6.07, 6.45) is 1.70. The van der Waals surface area contributed by atoms with Gasteiger partial charge in [-0.3, -0.25) is 0 Å². The topological polar surface area (TPSA) is 42.8 Å². The van der Waals surface area contributed by atoms with Gasteiger partial charge in [-0.05, 0) is 54.8 Å². The predicted molar refractivity (Wildman–Crippen MR) is 124 cm³/mol. The average Bonchev–Trinajstić information content (AvgIpc) is 2.73. The Hall–Kier alpha value is -2.69. The van der Waals surface area contributed by atoms with Crippen molar-refractivity contribution in [1.82, 2.24) is 5.43 Å². The van der Waals surface area contributed by atoms with Crippen LogP contribution in [0, 0.1) is 6.92 Å². The molecule has 0 bridgehead atoms. The zero-order chi connectivity index (χ0) is 21.3. The van der Waals surface area contributed by atoms with E-state index in [4.69, 9.17) is 32.7 Å². The lowest BCUT2D eigenvalue weighted by Gasteiger charge is -2.14. The van der Waals surface area contributed by atoms with Gasteiger partial charge in [0.05, 0.1) is 24.4 Å². The normalized spacial score (nSPS) is 10.9. The Balaban J connectivity index is 1.66. The molecule has 156 valence electrons. The molecule has 0 aliphatic carbocycles. The third kappa shape index (κ3) is 6.41. The van der Waals surface area contributed by atoms with Gasteiger partial charge in [0.1, 0.15) is 6.61 Å². The summed E-state index contributed by atoms with van der Waals surface area (Å²) in [5, 5.41) is 5.46. The fourth-order valence-corrected chi connectivity index (χ4v) is 3.16. The van der Waals surface area contributed by atoms with E-state index in [9.17, 15) is 0 Å². The van der Waals surface area contributed by atoms with Crippen LogP contribution < -0.4 is 14.9 Å². The van der Waals surface area contributed by atoms with Crippen molar-refractivity contribution in [3.8, 4) is 11.5 Å². The third-order valence-corrected chi connectivity index (χ3v) is 4.87. The highest BCUT2D eigenvalue weighted by Gasteiger charge is 2.12. The van der Waals surface area contributed by atoms with Gasteiger partial charge in [-0.25, -0.2) is 0 Å². The van der Waals surface area contributed by atoms with E-state index in [1.807, 2.05) is 55.5 Å². The highest BCUT2D eigenvalue weighted by atomic mass is 35.5. The minimum absolute atomic E-state index is 0.413. The van der Waals surface area contributed by atoms with Gasteiger partial charge in [0.15, 0.2) is 11.5 Å². The minimum atomic E-state index is 0.413. The standard InChI is InChI=1S/C24H24Cl2N2O2/c1-3-29-23-13-20(15-28-27-14-18-8-10-21(25)11-9-18)12-22(26)24(23)30-16-19-6-4-17(2)5-7-19/h4-13,15,27H,3,14,16H2,1-2H3/b28-15-. The lowest BCUT2D eigenvalue weighted by molar-refractivity contribution is 0.269. The van der Waals surface area contributed by atoms with E-state index in [1.165, 1.54) is 5.56 Å². The minimum Gasteiger partial charge on any atom is -0.490 e. The van der Waals surface area contributed by atoms with Gasteiger partial charge in [-0.1, -0.05) is 65.2 Å². The van der Waals surface area contributed by atoms with E-state index >= 15 is 0 Å². The highest BCUT2D eigenvalue weighted by molar-refractivity contribution is 6.32. The number of hydrogen-bond acceptors (Lipinski definition) is 4. The lowest BCUT2D eigenvalue weighted by Crippen LogP contribution is -2.06. The molecule has 0 heterocycles. The Labute approximate surface area is 187 Å². The summed E-state index contributed by atoms with van der Waals surface area (Å²) in [7, 11) is 0. The molecule has 0 spiro atoms. The second-order valence-corrected chi connectivity index (χ2v) is 7.60. The van der Waals surface area contributed by atoms with Crippen LogP contribution in [0.2, 0.25) is 10.0 Å². The molecule has 4 nitrogen and oxygen atoms in total. The number of aryl methyl sites for hydroxylation is 1. The molecule has 0 atom stereocenters. The van der Waals surface area contributed by atoms with Gasteiger partial charge in [0, 0.05) is 5.02 Å². The Morgan fingerprint density at radius 2 is 1.63 bits per heavy atom. The number of rotatable bonds is 9. The third-order valence-electron chi connectivity index (χ3n) is 4.34. The number of ether oxygens (including phenoxy) is 2. The van der Waals surface area contributed by atoms with E-state index < -0.39 is 0 Å². The first-order chi connectivity index (χ1) is 14.5. The SMILES string of the molecule is CCOc1cc(/C=N\NCc2ccc(Cl)cc2)cc(Cl)c1OCc1ccc(C)cc1. The average molecular weight is 443 g/mol. The maximum Gasteiger partial charge on any atom is 0.180 e. The van der Waals surface area contributed by atoms with Crippen molar-refractivity contribution in [3.05, 3.63) is 93.0 Å². The zero-order valence-electron chi connectivity index (χ0n) is 17.0. The van der Waals surface area contributed by atoms with Crippen LogP contribution >= 0.6 is 23.2 Å². The summed E-state index contributed by atoms with van der Waals surface area (Å²) in [5.74, 6) is 1.13. The second-order valence-electron chi connectivity index (χ2n) is 6.76. The summed E-state index contributed by atoms with van der Waals surface area (Å²) in [4.78, 5) is 0. The molecular weight excluding hydrogens is 419 g/mol. The molecule has 3 aromatic rings. The predicted octanol–water partition coefficient (Wildman–Crippen LogP) is 6.40. The van der Waals surface area contributed by atoms with Crippen molar-refractivity contribution < 1.29 is 9.47 Å². The van der Waals surface area contributed by atoms with Crippen LogP contribution in [-0.2, 0) is 13.2 Å². The largest absolute Gasteiger partial charge is 0.490 e. The van der Waals surface area contributed by atoms with Gasteiger partial charge in [-0.15, -0.1) is 0 Å². The van der Waals surface area contributed by atoms with E-state index in [-0.39, 0.29) is 0 Å². The first-order valence-corrected chi connectivity index (χ1v) is 10.5. The zero-order valence-corrected chi connectivity index (χ0v) is 18.5. The quantitative estimate of drug-likeness (QED) is 0.307. The summed E-state index contributed by atoms with van der Waals surface area (Å²) in [5.41, 5.74) is 7.19. The van der Waals surface area contributed by atoms with E-state index in [1.54, 1.807) is 6.21 Å². The van der Waals surface area contributed by atoms with Crippen LogP contribution in [0.3, 0.4) is 0 Å². The van der Waals surface area contributed by atoms with Crippen molar-refractivity contribution in [2.45, 2.75) is 27.0 Å². The fraction of sp³-hybridized carbons (Fsp3) is 0.208. The molecule has 0 saturated heterocycles. The molecular formula is C24H24Cl2N2O2. The van der Waals surface area contributed by atoms with Crippen LogP contribution in [0.5, 0.6) is 11.5 Å². The van der Waals surface area contributed by atoms with Crippen molar-refractivity contribution in [2.24, 2.45) is 5.10 Å². The molecule has 0 fully saturated rings. The maximum absolute atomic E-state index is 6.49. The second kappa shape index (κ2) is 10.9. The molecule has 3 aromatic carbocycles. The molecule has 1 N–H and O–H groups in total. The van der Waals surface area contributed by atoms with Gasteiger partial charge in [-0.2, -0.15) is 5.10 Å². The number of hydrogen-bond donors (Lipinski definition) is 1. The Bertz CT molecular complexity index is 987.